The standard InChI is InChI=1S/C32H28FN3O3S/c1-21-15-22(2)17-26(16-21)34-30(37)20-40-27-13-8-12-25(19-27)35-32(39)29(18-24-11-6-7-14-28(24)33)36-31(38)23-9-4-3-5-10-23/h3-19H,20H2,1-2H3,(H,34,37)(H,35,39)(H,36,38)/b29-18-. The van der Waals surface area contributed by atoms with Gasteiger partial charge in [-0.1, -0.05) is 48.5 Å². The number of benzene rings is 4. The summed E-state index contributed by atoms with van der Waals surface area (Å²) in [5, 5.41) is 8.27. The first-order valence-corrected chi connectivity index (χ1v) is 13.5. The Balaban J connectivity index is 1.45. The van der Waals surface area contributed by atoms with Gasteiger partial charge in [-0.15, -0.1) is 11.8 Å². The lowest BCUT2D eigenvalue weighted by Crippen LogP contribution is -2.30. The Labute approximate surface area is 236 Å². The van der Waals surface area contributed by atoms with Crippen LogP contribution in [0.5, 0.6) is 0 Å². The maximum absolute atomic E-state index is 14.4. The number of amides is 3. The van der Waals surface area contributed by atoms with Crippen LogP contribution < -0.4 is 16.0 Å². The highest BCUT2D eigenvalue weighted by molar-refractivity contribution is 8.00. The Morgan fingerprint density at radius 1 is 0.775 bits per heavy atom. The molecule has 0 saturated heterocycles. The van der Waals surface area contributed by atoms with Crippen LogP contribution >= 0.6 is 11.8 Å². The molecule has 0 unspecified atom stereocenters. The molecule has 4 aromatic carbocycles. The van der Waals surface area contributed by atoms with Crippen LogP contribution in [0.3, 0.4) is 0 Å². The van der Waals surface area contributed by atoms with Crippen LogP contribution in [-0.2, 0) is 9.59 Å². The zero-order valence-corrected chi connectivity index (χ0v) is 22.8. The van der Waals surface area contributed by atoms with Gasteiger partial charge in [-0.3, -0.25) is 14.4 Å². The SMILES string of the molecule is Cc1cc(C)cc(NC(=O)CSc2cccc(NC(=O)/C(=C/c3ccccc3F)NC(=O)c3ccccc3)c2)c1. The van der Waals surface area contributed by atoms with Crippen molar-refractivity contribution in [1.29, 1.82) is 0 Å². The minimum absolute atomic E-state index is 0.121. The zero-order chi connectivity index (χ0) is 28.5. The number of halogens is 1. The van der Waals surface area contributed by atoms with E-state index in [1.165, 1.54) is 30.0 Å². The lowest BCUT2D eigenvalue weighted by atomic mass is 10.1. The predicted molar refractivity (Wildman–Crippen MR) is 159 cm³/mol. The van der Waals surface area contributed by atoms with Gasteiger partial charge >= 0.3 is 0 Å². The molecule has 0 aromatic heterocycles. The van der Waals surface area contributed by atoms with Gasteiger partial charge in [0.25, 0.3) is 11.8 Å². The van der Waals surface area contributed by atoms with E-state index < -0.39 is 17.6 Å². The average molecular weight is 554 g/mol. The number of nitrogens with one attached hydrogen (secondary N) is 3. The Morgan fingerprint density at radius 3 is 2.20 bits per heavy atom. The zero-order valence-electron chi connectivity index (χ0n) is 22.0. The molecule has 3 amide bonds. The largest absolute Gasteiger partial charge is 0.325 e. The molecule has 0 spiro atoms. The van der Waals surface area contributed by atoms with Crippen LogP contribution in [0.2, 0.25) is 0 Å². The summed E-state index contributed by atoms with van der Waals surface area (Å²) in [4.78, 5) is 39.3. The first kappa shape index (κ1) is 28.3. The molecular formula is C32H28FN3O3S. The summed E-state index contributed by atoms with van der Waals surface area (Å²) in [5.41, 5.74) is 3.72. The summed E-state index contributed by atoms with van der Waals surface area (Å²) < 4.78 is 14.4. The second-order valence-electron chi connectivity index (χ2n) is 9.09. The Kier molecular flexibility index (Phi) is 9.48. The quantitative estimate of drug-likeness (QED) is 0.161. The fourth-order valence-electron chi connectivity index (χ4n) is 3.94. The minimum atomic E-state index is -0.623. The van der Waals surface area contributed by atoms with E-state index in [1.807, 2.05) is 38.1 Å². The highest BCUT2D eigenvalue weighted by atomic mass is 32.2. The molecule has 0 atom stereocenters. The first-order valence-electron chi connectivity index (χ1n) is 12.5. The van der Waals surface area contributed by atoms with Crippen LogP contribution in [0.4, 0.5) is 15.8 Å². The predicted octanol–water partition coefficient (Wildman–Crippen LogP) is 6.58. The molecule has 0 aliphatic carbocycles. The van der Waals surface area contributed by atoms with Crippen molar-refractivity contribution in [3.63, 3.8) is 0 Å². The lowest BCUT2D eigenvalue weighted by Gasteiger charge is -2.12. The van der Waals surface area contributed by atoms with Gasteiger partial charge < -0.3 is 16.0 Å². The van der Waals surface area contributed by atoms with Crippen molar-refractivity contribution in [2.45, 2.75) is 18.7 Å². The molecule has 0 bridgehead atoms. The molecule has 0 aliphatic heterocycles. The monoisotopic (exact) mass is 553 g/mol. The molecule has 40 heavy (non-hydrogen) atoms. The number of hydrogen-bond donors (Lipinski definition) is 3. The van der Waals surface area contributed by atoms with Crippen molar-refractivity contribution >= 4 is 46.9 Å². The number of anilines is 2. The van der Waals surface area contributed by atoms with Crippen molar-refractivity contribution in [3.8, 4) is 0 Å². The fraction of sp³-hybridized carbons (Fsp3) is 0.0938. The first-order chi connectivity index (χ1) is 19.3. The number of carbonyl (C=O) groups is 3. The van der Waals surface area contributed by atoms with E-state index in [4.69, 9.17) is 0 Å². The summed E-state index contributed by atoms with van der Waals surface area (Å²) in [6, 6.07) is 27.3. The van der Waals surface area contributed by atoms with E-state index in [2.05, 4.69) is 16.0 Å². The smallest absolute Gasteiger partial charge is 0.272 e. The molecule has 4 rings (SSSR count). The van der Waals surface area contributed by atoms with Crippen molar-refractivity contribution in [2.75, 3.05) is 16.4 Å². The third-order valence-corrected chi connectivity index (χ3v) is 6.69. The Morgan fingerprint density at radius 2 is 1.48 bits per heavy atom. The van der Waals surface area contributed by atoms with Gasteiger partial charge in [-0.25, -0.2) is 4.39 Å². The summed E-state index contributed by atoms with van der Waals surface area (Å²) in [7, 11) is 0. The Hall–Kier alpha value is -4.69. The molecule has 3 N–H and O–H groups in total. The van der Waals surface area contributed by atoms with Crippen molar-refractivity contribution in [3.05, 3.63) is 131 Å². The maximum atomic E-state index is 14.4. The minimum Gasteiger partial charge on any atom is -0.325 e. The average Bonchev–Trinajstić information content (AvgIpc) is 2.93. The van der Waals surface area contributed by atoms with E-state index in [-0.39, 0.29) is 22.9 Å². The lowest BCUT2D eigenvalue weighted by molar-refractivity contribution is -0.114. The summed E-state index contributed by atoms with van der Waals surface area (Å²) in [6.07, 6.45) is 1.29. The highest BCUT2D eigenvalue weighted by Crippen LogP contribution is 2.23. The summed E-state index contributed by atoms with van der Waals surface area (Å²) in [6.45, 7) is 3.95. The topological polar surface area (TPSA) is 87.3 Å². The van der Waals surface area contributed by atoms with Crippen LogP contribution in [-0.4, -0.2) is 23.5 Å². The summed E-state index contributed by atoms with van der Waals surface area (Å²) in [5.74, 6) is -1.63. The second kappa shape index (κ2) is 13.4. The number of aryl methyl sites for hydroxylation is 2. The van der Waals surface area contributed by atoms with Crippen LogP contribution in [0.25, 0.3) is 6.08 Å². The van der Waals surface area contributed by atoms with Gasteiger partial charge in [-0.05, 0) is 79.6 Å². The normalized spacial score (nSPS) is 11.0. The van der Waals surface area contributed by atoms with Crippen molar-refractivity contribution in [2.24, 2.45) is 0 Å². The van der Waals surface area contributed by atoms with Gasteiger partial charge in [0.2, 0.25) is 5.91 Å². The number of rotatable bonds is 9. The van der Waals surface area contributed by atoms with E-state index in [1.54, 1.807) is 60.7 Å². The van der Waals surface area contributed by atoms with E-state index >= 15 is 0 Å². The second-order valence-corrected chi connectivity index (χ2v) is 10.1. The number of thioether (sulfide) groups is 1. The molecule has 0 heterocycles. The van der Waals surface area contributed by atoms with Crippen LogP contribution in [0.15, 0.2) is 108 Å². The van der Waals surface area contributed by atoms with E-state index in [0.717, 1.165) is 21.7 Å². The van der Waals surface area contributed by atoms with Gasteiger partial charge in [-0.2, -0.15) is 0 Å². The third-order valence-electron chi connectivity index (χ3n) is 5.70. The fourth-order valence-corrected chi connectivity index (χ4v) is 4.70. The highest BCUT2D eigenvalue weighted by Gasteiger charge is 2.16. The van der Waals surface area contributed by atoms with Gasteiger partial charge in [0.05, 0.1) is 5.75 Å². The maximum Gasteiger partial charge on any atom is 0.272 e. The third kappa shape index (κ3) is 8.15. The molecule has 0 fully saturated rings. The van der Waals surface area contributed by atoms with Crippen LogP contribution in [0.1, 0.15) is 27.0 Å². The molecule has 8 heteroatoms. The van der Waals surface area contributed by atoms with Crippen molar-refractivity contribution < 1.29 is 18.8 Å². The Bertz CT molecular complexity index is 1550. The van der Waals surface area contributed by atoms with Gasteiger partial charge in [0, 0.05) is 27.4 Å². The van der Waals surface area contributed by atoms with Crippen LogP contribution in [0, 0.1) is 19.7 Å². The summed E-state index contributed by atoms with van der Waals surface area (Å²) >= 11 is 1.32. The van der Waals surface area contributed by atoms with Gasteiger partial charge in [0.15, 0.2) is 0 Å². The molecule has 0 radical (unpaired) electrons. The number of carbonyl (C=O) groups excluding carboxylic acids is 3. The van der Waals surface area contributed by atoms with Gasteiger partial charge in [0.1, 0.15) is 11.5 Å². The number of hydrogen-bond acceptors (Lipinski definition) is 4. The molecule has 202 valence electrons. The van der Waals surface area contributed by atoms with E-state index in [9.17, 15) is 18.8 Å². The molecular weight excluding hydrogens is 525 g/mol. The van der Waals surface area contributed by atoms with E-state index in [0.29, 0.717) is 11.3 Å². The molecule has 6 nitrogen and oxygen atoms in total. The molecule has 0 saturated carbocycles. The van der Waals surface area contributed by atoms with Crippen molar-refractivity contribution in [1.82, 2.24) is 5.32 Å². The molecule has 0 aliphatic rings. The molecule has 4 aromatic rings.